The molecular weight excluding hydrogens is 474 g/mol. The van der Waals surface area contributed by atoms with Crippen LogP contribution >= 0.6 is 23.4 Å². The van der Waals surface area contributed by atoms with Gasteiger partial charge in [-0.05, 0) is 30.3 Å². The summed E-state index contributed by atoms with van der Waals surface area (Å²) >= 11 is 7.27. The maximum Gasteiger partial charge on any atom is 0.234 e. The third-order valence-corrected chi connectivity index (χ3v) is 6.88. The van der Waals surface area contributed by atoms with Crippen molar-refractivity contribution in [2.75, 3.05) is 28.7 Å². The molecule has 9 nitrogen and oxygen atoms in total. The number of amides is 1. The summed E-state index contributed by atoms with van der Waals surface area (Å²) in [4.78, 5) is 12.3. The zero-order valence-corrected chi connectivity index (χ0v) is 20.0. The molecule has 3 aromatic rings. The molecule has 32 heavy (non-hydrogen) atoms. The van der Waals surface area contributed by atoms with E-state index < -0.39 is 10.0 Å². The largest absolute Gasteiger partial charge is 0.495 e. The fourth-order valence-electron chi connectivity index (χ4n) is 2.80. The lowest BCUT2D eigenvalue weighted by atomic mass is 10.3. The van der Waals surface area contributed by atoms with Gasteiger partial charge in [-0.1, -0.05) is 41.6 Å². The summed E-state index contributed by atoms with van der Waals surface area (Å²) in [5.41, 5.74) is 1.08. The van der Waals surface area contributed by atoms with Crippen LogP contribution in [0.1, 0.15) is 5.82 Å². The van der Waals surface area contributed by atoms with Crippen molar-refractivity contribution < 1.29 is 17.9 Å². The Bertz CT molecular complexity index is 1200. The summed E-state index contributed by atoms with van der Waals surface area (Å²) in [6.07, 6.45) is 1.14. The summed E-state index contributed by atoms with van der Waals surface area (Å²) in [6.45, 7) is 0.0173. The monoisotopic (exact) mass is 495 g/mol. The molecule has 0 fully saturated rings. The highest BCUT2D eigenvalue weighted by molar-refractivity contribution is 7.99. The Labute approximate surface area is 195 Å². The first kappa shape index (κ1) is 23.9. The van der Waals surface area contributed by atoms with Gasteiger partial charge in [-0.25, -0.2) is 8.42 Å². The number of aromatic nitrogens is 3. The summed E-state index contributed by atoms with van der Waals surface area (Å²) < 4.78 is 32.6. The van der Waals surface area contributed by atoms with Crippen molar-refractivity contribution in [3.8, 4) is 5.75 Å². The summed E-state index contributed by atoms with van der Waals surface area (Å²) in [7, 11) is -0.290. The fraction of sp³-hybridized carbons (Fsp3) is 0.250. The quantitative estimate of drug-likeness (QED) is 0.454. The number of rotatable bonds is 9. The molecule has 0 aliphatic heterocycles. The number of methoxy groups -OCH3 is 1. The van der Waals surface area contributed by atoms with Gasteiger partial charge in [0, 0.05) is 12.7 Å². The van der Waals surface area contributed by atoms with Crippen LogP contribution in [0.25, 0.3) is 0 Å². The van der Waals surface area contributed by atoms with Crippen molar-refractivity contribution in [2.45, 2.75) is 11.7 Å². The highest BCUT2D eigenvalue weighted by Gasteiger charge is 2.21. The average molecular weight is 496 g/mol. The van der Waals surface area contributed by atoms with E-state index in [4.69, 9.17) is 16.3 Å². The molecule has 1 aromatic heterocycles. The zero-order valence-electron chi connectivity index (χ0n) is 17.6. The predicted octanol–water partition coefficient (Wildman–Crippen LogP) is 3.17. The number of nitrogens with zero attached hydrogens (tertiary/aromatic N) is 4. The summed E-state index contributed by atoms with van der Waals surface area (Å²) in [5, 5.41) is 11.9. The third-order valence-electron chi connectivity index (χ3n) is 4.42. The van der Waals surface area contributed by atoms with Crippen molar-refractivity contribution in [3.05, 3.63) is 59.4 Å². The van der Waals surface area contributed by atoms with E-state index in [1.54, 1.807) is 54.1 Å². The molecule has 1 N–H and O–H groups in total. The van der Waals surface area contributed by atoms with Crippen molar-refractivity contribution >= 4 is 50.7 Å². The Balaban J connectivity index is 1.65. The van der Waals surface area contributed by atoms with E-state index >= 15 is 0 Å². The van der Waals surface area contributed by atoms with E-state index in [1.807, 2.05) is 6.07 Å². The molecule has 0 saturated carbocycles. The van der Waals surface area contributed by atoms with Crippen LogP contribution in [0.3, 0.4) is 0 Å². The van der Waals surface area contributed by atoms with Gasteiger partial charge in [0.15, 0.2) is 11.0 Å². The molecule has 0 aliphatic rings. The normalized spacial score (nSPS) is 11.2. The second-order valence-corrected chi connectivity index (χ2v) is 10.0. The topological polar surface area (TPSA) is 106 Å². The zero-order chi connectivity index (χ0) is 23.3. The lowest BCUT2D eigenvalue weighted by Gasteiger charge is -2.21. The molecule has 12 heteroatoms. The minimum absolute atomic E-state index is 0.0173. The molecular formula is C20H22ClN5O4S2. The van der Waals surface area contributed by atoms with Gasteiger partial charge in [0.25, 0.3) is 0 Å². The van der Waals surface area contributed by atoms with Crippen LogP contribution in [0.15, 0.2) is 53.7 Å². The molecule has 0 atom stereocenters. The summed E-state index contributed by atoms with van der Waals surface area (Å²) in [6, 6.07) is 13.7. The molecule has 0 spiro atoms. The Morgan fingerprint density at radius 3 is 2.56 bits per heavy atom. The van der Waals surface area contributed by atoms with Crippen LogP contribution in [0, 0.1) is 0 Å². The second-order valence-electron chi connectivity index (χ2n) is 6.75. The molecule has 1 amide bonds. The van der Waals surface area contributed by atoms with Crippen LogP contribution in [0.2, 0.25) is 5.02 Å². The molecule has 0 aliphatic carbocycles. The molecule has 0 unspecified atom stereocenters. The maximum atomic E-state index is 12.3. The highest BCUT2D eigenvalue weighted by atomic mass is 35.5. The van der Waals surface area contributed by atoms with Gasteiger partial charge in [-0.3, -0.25) is 9.10 Å². The Kier molecular flexibility index (Phi) is 7.64. The van der Waals surface area contributed by atoms with Crippen molar-refractivity contribution in [1.29, 1.82) is 0 Å². The van der Waals surface area contributed by atoms with Gasteiger partial charge >= 0.3 is 0 Å². The van der Waals surface area contributed by atoms with Crippen LogP contribution in [0.5, 0.6) is 5.75 Å². The van der Waals surface area contributed by atoms with Crippen molar-refractivity contribution in [2.24, 2.45) is 7.05 Å². The number of nitrogens with one attached hydrogen (secondary N) is 1. The number of hydrogen-bond acceptors (Lipinski definition) is 7. The van der Waals surface area contributed by atoms with Crippen LogP contribution in [0.4, 0.5) is 11.4 Å². The standard InChI is InChI=1S/C20H22ClN5O4S2/c1-25-18(12-26(32(3,28)29)15-7-5-4-6-8-15)23-24-20(25)31-13-19(27)22-14-9-10-17(30-2)16(21)11-14/h4-11H,12-13H2,1-3H3,(H,22,27). The molecule has 1 heterocycles. The number of carbonyl (C=O) groups excluding carboxylic acids is 1. The molecule has 0 saturated heterocycles. The molecule has 170 valence electrons. The number of thioether (sulfide) groups is 1. The fourth-order valence-corrected chi connectivity index (χ4v) is 4.64. The Hall–Kier alpha value is -2.76. The van der Waals surface area contributed by atoms with E-state index in [-0.39, 0.29) is 18.2 Å². The van der Waals surface area contributed by atoms with Crippen LogP contribution in [-0.2, 0) is 28.4 Å². The minimum atomic E-state index is -3.53. The van der Waals surface area contributed by atoms with Gasteiger partial charge in [0.1, 0.15) is 5.75 Å². The number of halogens is 1. The lowest BCUT2D eigenvalue weighted by molar-refractivity contribution is -0.113. The molecule has 3 rings (SSSR count). The highest BCUT2D eigenvalue weighted by Crippen LogP contribution is 2.27. The maximum absolute atomic E-state index is 12.3. The van der Waals surface area contributed by atoms with Crippen LogP contribution in [-0.4, -0.2) is 48.2 Å². The van der Waals surface area contributed by atoms with E-state index in [1.165, 1.54) is 23.2 Å². The Morgan fingerprint density at radius 2 is 1.94 bits per heavy atom. The number of ether oxygens (including phenoxy) is 1. The van der Waals surface area contributed by atoms with E-state index in [0.29, 0.717) is 33.1 Å². The smallest absolute Gasteiger partial charge is 0.234 e. The number of para-hydroxylation sites is 1. The van der Waals surface area contributed by atoms with E-state index in [0.717, 1.165) is 6.26 Å². The minimum Gasteiger partial charge on any atom is -0.495 e. The lowest BCUT2D eigenvalue weighted by Crippen LogP contribution is -2.30. The van der Waals surface area contributed by atoms with Crippen molar-refractivity contribution in [3.63, 3.8) is 0 Å². The number of anilines is 2. The van der Waals surface area contributed by atoms with Gasteiger partial charge in [0.2, 0.25) is 15.9 Å². The Morgan fingerprint density at radius 1 is 1.22 bits per heavy atom. The molecule has 2 aromatic carbocycles. The number of sulfonamides is 1. The van der Waals surface area contributed by atoms with Gasteiger partial charge in [-0.2, -0.15) is 0 Å². The van der Waals surface area contributed by atoms with E-state index in [9.17, 15) is 13.2 Å². The number of benzene rings is 2. The van der Waals surface area contributed by atoms with Gasteiger partial charge in [0.05, 0.1) is 36.4 Å². The number of hydrogen-bond donors (Lipinski definition) is 1. The predicted molar refractivity (Wildman–Crippen MR) is 126 cm³/mol. The third kappa shape index (κ3) is 5.93. The van der Waals surface area contributed by atoms with Gasteiger partial charge < -0.3 is 14.6 Å². The average Bonchev–Trinajstić information content (AvgIpc) is 3.10. The van der Waals surface area contributed by atoms with Crippen LogP contribution < -0.4 is 14.4 Å². The molecule has 0 bridgehead atoms. The SMILES string of the molecule is COc1ccc(NC(=O)CSc2nnc(CN(c3ccccc3)S(C)(=O)=O)n2C)cc1Cl. The van der Waals surface area contributed by atoms with Crippen molar-refractivity contribution in [1.82, 2.24) is 14.8 Å². The van der Waals surface area contributed by atoms with E-state index in [2.05, 4.69) is 15.5 Å². The van der Waals surface area contributed by atoms with Gasteiger partial charge in [-0.15, -0.1) is 10.2 Å². The first-order valence-corrected chi connectivity index (χ1v) is 12.6. The second kappa shape index (κ2) is 10.2. The molecule has 0 radical (unpaired) electrons. The first-order chi connectivity index (χ1) is 15.2. The number of carbonyl (C=O) groups is 1. The first-order valence-electron chi connectivity index (χ1n) is 9.36. The summed E-state index contributed by atoms with van der Waals surface area (Å²) in [5.74, 6) is 0.806.